The summed E-state index contributed by atoms with van der Waals surface area (Å²) in [6, 6.07) is 0. The van der Waals surface area contributed by atoms with Gasteiger partial charge in [0, 0.05) is 7.11 Å². The van der Waals surface area contributed by atoms with Crippen molar-refractivity contribution in [2.75, 3.05) is 7.11 Å². The highest BCUT2D eigenvalue weighted by atomic mass is 16.5. The Morgan fingerprint density at radius 2 is 1.75 bits per heavy atom. The maximum Gasteiger partial charge on any atom is 0.0622 e. The van der Waals surface area contributed by atoms with Crippen molar-refractivity contribution in [2.45, 2.75) is 59.0 Å². The van der Waals surface area contributed by atoms with E-state index in [1.54, 1.807) is 7.11 Å². The average Bonchev–Trinajstić information content (AvgIpc) is 1.98. The number of methoxy groups -OCH3 is 1. The summed E-state index contributed by atoms with van der Waals surface area (Å²) in [6.45, 7) is 8.87. The Morgan fingerprint density at radius 3 is 2.17 bits per heavy atom. The Kier molecular flexibility index (Phi) is 5.56. The van der Waals surface area contributed by atoms with Gasteiger partial charge in [0.1, 0.15) is 0 Å². The smallest absolute Gasteiger partial charge is 0.0622 e. The Labute approximate surface area is 77.5 Å². The van der Waals surface area contributed by atoms with Gasteiger partial charge < -0.3 is 4.74 Å². The lowest BCUT2D eigenvalue weighted by Gasteiger charge is -2.22. The van der Waals surface area contributed by atoms with E-state index in [-0.39, 0.29) is 5.60 Å². The Hall–Kier alpha value is -0.0400. The standard InChI is InChI=1S/C11H24O/c1-10(2)8-6-7-9-11(3,4)12-5/h10H,6-9H2,1-5H3. The minimum Gasteiger partial charge on any atom is -0.379 e. The fraction of sp³-hybridized carbons (Fsp3) is 1.00. The van der Waals surface area contributed by atoms with E-state index in [1.165, 1.54) is 25.7 Å². The molecule has 0 bridgehead atoms. The molecule has 0 rings (SSSR count). The second-order valence-corrected chi connectivity index (χ2v) is 4.60. The lowest BCUT2D eigenvalue weighted by molar-refractivity contribution is 0.0132. The van der Waals surface area contributed by atoms with Crippen LogP contribution in [0.15, 0.2) is 0 Å². The van der Waals surface area contributed by atoms with Crippen molar-refractivity contribution in [3.8, 4) is 0 Å². The van der Waals surface area contributed by atoms with Gasteiger partial charge in [-0.25, -0.2) is 0 Å². The van der Waals surface area contributed by atoms with Crippen LogP contribution < -0.4 is 0 Å². The second kappa shape index (κ2) is 5.58. The van der Waals surface area contributed by atoms with E-state index in [2.05, 4.69) is 27.7 Å². The van der Waals surface area contributed by atoms with Crippen LogP contribution in [0.25, 0.3) is 0 Å². The van der Waals surface area contributed by atoms with Crippen molar-refractivity contribution in [2.24, 2.45) is 5.92 Å². The molecule has 0 unspecified atom stereocenters. The third-order valence-electron chi connectivity index (χ3n) is 2.36. The molecule has 0 saturated heterocycles. The van der Waals surface area contributed by atoms with Crippen molar-refractivity contribution in [1.29, 1.82) is 0 Å². The largest absolute Gasteiger partial charge is 0.379 e. The molecule has 0 atom stereocenters. The molecule has 0 aliphatic rings. The minimum absolute atomic E-state index is 0.0803. The summed E-state index contributed by atoms with van der Waals surface area (Å²) in [5.41, 5.74) is 0.0803. The van der Waals surface area contributed by atoms with Gasteiger partial charge in [-0.1, -0.05) is 33.1 Å². The molecule has 0 fully saturated rings. The predicted molar refractivity (Wildman–Crippen MR) is 54.4 cm³/mol. The molecule has 12 heavy (non-hydrogen) atoms. The van der Waals surface area contributed by atoms with Gasteiger partial charge in [0.05, 0.1) is 5.60 Å². The van der Waals surface area contributed by atoms with Crippen LogP contribution in [0, 0.1) is 5.92 Å². The highest BCUT2D eigenvalue weighted by molar-refractivity contribution is 4.67. The number of hydrogen-bond donors (Lipinski definition) is 0. The lowest BCUT2D eigenvalue weighted by Crippen LogP contribution is -2.21. The van der Waals surface area contributed by atoms with E-state index in [0.29, 0.717) is 0 Å². The van der Waals surface area contributed by atoms with Gasteiger partial charge in [-0.05, 0) is 26.2 Å². The molecule has 0 saturated carbocycles. The molecule has 0 aromatic carbocycles. The third kappa shape index (κ3) is 6.66. The molecule has 0 spiro atoms. The first-order valence-corrected chi connectivity index (χ1v) is 5.03. The zero-order valence-electron chi connectivity index (χ0n) is 9.31. The van der Waals surface area contributed by atoms with Crippen LogP contribution in [0.2, 0.25) is 0 Å². The van der Waals surface area contributed by atoms with E-state index in [1.807, 2.05) is 0 Å². The van der Waals surface area contributed by atoms with Crippen LogP contribution >= 0.6 is 0 Å². The van der Waals surface area contributed by atoms with Gasteiger partial charge >= 0.3 is 0 Å². The topological polar surface area (TPSA) is 9.23 Å². The quantitative estimate of drug-likeness (QED) is 0.556. The summed E-state index contributed by atoms with van der Waals surface area (Å²) in [7, 11) is 1.79. The zero-order valence-corrected chi connectivity index (χ0v) is 9.31. The molecule has 0 N–H and O–H groups in total. The molecular formula is C11H24O. The normalized spacial score (nSPS) is 12.5. The number of unbranched alkanes of at least 4 members (excludes halogenated alkanes) is 1. The summed E-state index contributed by atoms with van der Waals surface area (Å²) in [6.07, 6.45) is 5.15. The van der Waals surface area contributed by atoms with Gasteiger partial charge in [-0.15, -0.1) is 0 Å². The molecule has 0 amide bonds. The van der Waals surface area contributed by atoms with Gasteiger partial charge in [-0.2, -0.15) is 0 Å². The highest BCUT2D eigenvalue weighted by Gasteiger charge is 2.14. The van der Waals surface area contributed by atoms with Crippen molar-refractivity contribution in [3.63, 3.8) is 0 Å². The number of ether oxygens (including phenoxy) is 1. The molecule has 0 aromatic heterocycles. The molecule has 0 heterocycles. The fourth-order valence-corrected chi connectivity index (χ4v) is 1.21. The average molecular weight is 172 g/mol. The first kappa shape index (κ1) is 12.0. The van der Waals surface area contributed by atoms with Gasteiger partial charge in [0.2, 0.25) is 0 Å². The van der Waals surface area contributed by atoms with Crippen LogP contribution in [-0.4, -0.2) is 12.7 Å². The van der Waals surface area contributed by atoms with Crippen LogP contribution in [0.4, 0.5) is 0 Å². The van der Waals surface area contributed by atoms with Crippen molar-refractivity contribution >= 4 is 0 Å². The summed E-state index contributed by atoms with van der Waals surface area (Å²) in [5, 5.41) is 0. The third-order valence-corrected chi connectivity index (χ3v) is 2.36. The first-order valence-electron chi connectivity index (χ1n) is 5.03. The van der Waals surface area contributed by atoms with Crippen molar-refractivity contribution in [3.05, 3.63) is 0 Å². The van der Waals surface area contributed by atoms with Gasteiger partial charge in [-0.3, -0.25) is 0 Å². The molecule has 1 heteroatoms. The van der Waals surface area contributed by atoms with Crippen LogP contribution in [0.3, 0.4) is 0 Å². The van der Waals surface area contributed by atoms with Crippen molar-refractivity contribution in [1.82, 2.24) is 0 Å². The second-order valence-electron chi connectivity index (χ2n) is 4.60. The monoisotopic (exact) mass is 172 g/mol. The summed E-state index contributed by atoms with van der Waals surface area (Å²) in [4.78, 5) is 0. The molecule has 0 aliphatic heterocycles. The Bertz CT molecular complexity index is 106. The Morgan fingerprint density at radius 1 is 1.17 bits per heavy atom. The maximum atomic E-state index is 5.34. The van der Waals surface area contributed by atoms with E-state index in [9.17, 15) is 0 Å². The van der Waals surface area contributed by atoms with E-state index in [0.717, 1.165) is 5.92 Å². The first-order chi connectivity index (χ1) is 5.48. The van der Waals surface area contributed by atoms with Crippen LogP contribution in [0.1, 0.15) is 53.4 Å². The molecule has 0 aromatic rings. The summed E-state index contributed by atoms with van der Waals surface area (Å²) >= 11 is 0. The molecule has 0 aliphatic carbocycles. The predicted octanol–water partition coefficient (Wildman–Crippen LogP) is 3.63. The SMILES string of the molecule is COC(C)(C)CCCCC(C)C. The van der Waals surface area contributed by atoms with Crippen LogP contribution in [-0.2, 0) is 4.74 Å². The lowest BCUT2D eigenvalue weighted by atomic mass is 9.98. The summed E-state index contributed by atoms with van der Waals surface area (Å²) in [5.74, 6) is 0.843. The molecule has 0 radical (unpaired) electrons. The van der Waals surface area contributed by atoms with Gasteiger partial charge in [0.25, 0.3) is 0 Å². The van der Waals surface area contributed by atoms with Crippen molar-refractivity contribution < 1.29 is 4.74 Å². The fourth-order valence-electron chi connectivity index (χ4n) is 1.21. The Balaban J connectivity index is 3.31. The van der Waals surface area contributed by atoms with E-state index < -0.39 is 0 Å². The minimum atomic E-state index is 0.0803. The maximum absolute atomic E-state index is 5.34. The van der Waals surface area contributed by atoms with Crippen LogP contribution in [0.5, 0.6) is 0 Å². The zero-order chi connectivity index (χ0) is 9.61. The number of hydrogen-bond acceptors (Lipinski definition) is 1. The highest BCUT2D eigenvalue weighted by Crippen LogP contribution is 2.18. The molecule has 74 valence electrons. The molecule has 1 nitrogen and oxygen atoms in total. The van der Waals surface area contributed by atoms with E-state index in [4.69, 9.17) is 4.74 Å². The molecular weight excluding hydrogens is 148 g/mol. The van der Waals surface area contributed by atoms with Gasteiger partial charge in [0.15, 0.2) is 0 Å². The number of rotatable bonds is 6. The summed E-state index contributed by atoms with van der Waals surface area (Å²) < 4.78 is 5.34. The van der Waals surface area contributed by atoms with E-state index >= 15 is 0 Å².